The molecule has 0 radical (unpaired) electrons. The zero-order valence-electron chi connectivity index (χ0n) is 13.4. The zero-order chi connectivity index (χ0) is 15.8. The number of hydrogen-bond acceptors (Lipinski definition) is 4. The van der Waals surface area contributed by atoms with E-state index in [1.807, 2.05) is 55.6 Å². The molecule has 0 aliphatic heterocycles. The Labute approximate surface area is 132 Å². The molecule has 0 bridgehead atoms. The predicted octanol–water partition coefficient (Wildman–Crippen LogP) is 3.61. The first-order valence-corrected chi connectivity index (χ1v) is 7.35. The van der Waals surface area contributed by atoms with Gasteiger partial charge in [0.05, 0.1) is 26.5 Å². The normalized spacial score (nSPS) is 10.1. The van der Waals surface area contributed by atoms with Gasteiger partial charge in [0.2, 0.25) is 0 Å². The number of nitrogens with zero attached hydrogens (tertiary/aromatic N) is 1. The van der Waals surface area contributed by atoms with Crippen molar-refractivity contribution in [3.63, 3.8) is 0 Å². The molecule has 0 heterocycles. The Kier molecular flexibility index (Phi) is 5.95. The SMILES string of the molecule is COc1ccc(OC)c(N(C)CCCOc2ccccc2)c1. The van der Waals surface area contributed by atoms with Crippen LogP contribution in [0.1, 0.15) is 6.42 Å². The van der Waals surface area contributed by atoms with Gasteiger partial charge in [0.1, 0.15) is 17.2 Å². The fourth-order valence-electron chi connectivity index (χ4n) is 2.22. The van der Waals surface area contributed by atoms with Crippen LogP contribution in [0.3, 0.4) is 0 Å². The van der Waals surface area contributed by atoms with Crippen LogP contribution in [0.4, 0.5) is 5.69 Å². The van der Waals surface area contributed by atoms with Crippen molar-refractivity contribution >= 4 is 5.69 Å². The number of anilines is 1. The van der Waals surface area contributed by atoms with Crippen molar-refractivity contribution in [1.29, 1.82) is 0 Å². The summed E-state index contributed by atoms with van der Waals surface area (Å²) in [6.45, 7) is 1.55. The molecule has 0 atom stereocenters. The topological polar surface area (TPSA) is 30.9 Å². The maximum atomic E-state index is 5.71. The minimum absolute atomic E-state index is 0.681. The van der Waals surface area contributed by atoms with Crippen LogP contribution in [0.2, 0.25) is 0 Å². The lowest BCUT2D eigenvalue weighted by molar-refractivity contribution is 0.312. The van der Waals surface area contributed by atoms with E-state index in [9.17, 15) is 0 Å². The fraction of sp³-hybridized carbons (Fsp3) is 0.333. The molecule has 0 aromatic heterocycles. The highest BCUT2D eigenvalue weighted by Crippen LogP contribution is 2.31. The lowest BCUT2D eigenvalue weighted by atomic mass is 10.2. The maximum absolute atomic E-state index is 5.71. The molecule has 4 nitrogen and oxygen atoms in total. The van der Waals surface area contributed by atoms with Gasteiger partial charge in [-0.25, -0.2) is 0 Å². The lowest BCUT2D eigenvalue weighted by Crippen LogP contribution is -2.21. The van der Waals surface area contributed by atoms with Crippen molar-refractivity contribution in [2.75, 3.05) is 39.3 Å². The Morgan fingerprint density at radius 3 is 2.36 bits per heavy atom. The second-order valence-electron chi connectivity index (χ2n) is 4.97. The Bertz CT molecular complexity index is 572. The Hall–Kier alpha value is -2.36. The molecule has 2 aromatic rings. The summed E-state index contributed by atoms with van der Waals surface area (Å²) in [5, 5.41) is 0. The third-order valence-corrected chi connectivity index (χ3v) is 3.45. The van der Waals surface area contributed by atoms with Crippen molar-refractivity contribution in [3.8, 4) is 17.2 Å². The third kappa shape index (κ3) is 4.32. The lowest BCUT2D eigenvalue weighted by Gasteiger charge is -2.22. The van der Waals surface area contributed by atoms with Crippen LogP contribution in [0.15, 0.2) is 48.5 Å². The molecule has 0 fully saturated rings. The van der Waals surface area contributed by atoms with Crippen molar-refractivity contribution in [1.82, 2.24) is 0 Å². The standard InChI is InChI=1S/C18H23NO3/c1-19(12-7-13-22-15-8-5-4-6-9-15)17-14-16(20-2)10-11-18(17)21-3/h4-6,8-11,14H,7,12-13H2,1-3H3. The summed E-state index contributed by atoms with van der Waals surface area (Å²) in [4.78, 5) is 2.15. The van der Waals surface area contributed by atoms with Crippen LogP contribution in [0, 0.1) is 0 Å². The van der Waals surface area contributed by atoms with Gasteiger partial charge < -0.3 is 19.1 Å². The number of hydrogen-bond donors (Lipinski definition) is 0. The van der Waals surface area contributed by atoms with Gasteiger partial charge >= 0.3 is 0 Å². The molecule has 0 saturated heterocycles. The summed E-state index contributed by atoms with van der Waals surface area (Å²) in [5.74, 6) is 2.57. The van der Waals surface area contributed by atoms with Crippen LogP contribution in [-0.2, 0) is 0 Å². The summed E-state index contributed by atoms with van der Waals surface area (Å²) in [6.07, 6.45) is 0.922. The highest BCUT2D eigenvalue weighted by molar-refractivity contribution is 5.61. The van der Waals surface area contributed by atoms with Crippen LogP contribution >= 0.6 is 0 Å². The van der Waals surface area contributed by atoms with Crippen LogP contribution in [0.25, 0.3) is 0 Å². The summed E-state index contributed by atoms with van der Waals surface area (Å²) >= 11 is 0. The highest BCUT2D eigenvalue weighted by atomic mass is 16.5. The van der Waals surface area contributed by atoms with E-state index in [4.69, 9.17) is 14.2 Å². The van der Waals surface area contributed by atoms with Crippen LogP contribution in [-0.4, -0.2) is 34.4 Å². The average Bonchev–Trinajstić information content (AvgIpc) is 2.58. The number of benzene rings is 2. The molecular formula is C18H23NO3. The van der Waals surface area contributed by atoms with Gasteiger partial charge in [0.15, 0.2) is 0 Å². The smallest absolute Gasteiger partial charge is 0.142 e. The third-order valence-electron chi connectivity index (χ3n) is 3.45. The quantitative estimate of drug-likeness (QED) is 0.697. The zero-order valence-corrected chi connectivity index (χ0v) is 13.4. The maximum Gasteiger partial charge on any atom is 0.142 e. The molecule has 0 unspecified atom stereocenters. The van der Waals surface area contributed by atoms with E-state index in [1.165, 1.54) is 0 Å². The Morgan fingerprint density at radius 2 is 1.68 bits per heavy atom. The minimum Gasteiger partial charge on any atom is -0.497 e. The first-order chi connectivity index (χ1) is 10.7. The molecule has 0 spiro atoms. The second-order valence-corrected chi connectivity index (χ2v) is 4.97. The molecular weight excluding hydrogens is 278 g/mol. The highest BCUT2D eigenvalue weighted by Gasteiger charge is 2.09. The molecule has 22 heavy (non-hydrogen) atoms. The summed E-state index contributed by atoms with van der Waals surface area (Å²) in [5.41, 5.74) is 1.02. The molecule has 0 N–H and O–H groups in total. The molecule has 0 aliphatic carbocycles. The molecule has 118 valence electrons. The molecule has 2 rings (SSSR count). The van der Waals surface area contributed by atoms with Gasteiger partial charge in [-0.05, 0) is 30.7 Å². The number of methoxy groups -OCH3 is 2. The monoisotopic (exact) mass is 301 g/mol. The van der Waals surface area contributed by atoms with Crippen molar-refractivity contribution in [2.24, 2.45) is 0 Å². The van der Waals surface area contributed by atoms with E-state index < -0.39 is 0 Å². The molecule has 0 aliphatic rings. The second kappa shape index (κ2) is 8.17. The van der Waals surface area contributed by atoms with Crippen molar-refractivity contribution < 1.29 is 14.2 Å². The fourth-order valence-corrected chi connectivity index (χ4v) is 2.22. The van der Waals surface area contributed by atoms with Gasteiger partial charge in [-0.15, -0.1) is 0 Å². The first kappa shape index (κ1) is 16.0. The van der Waals surface area contributed by atoms with Crippen molar-refractivity contribution in [2.45, 2.75) is 6.42 Å². The number of ether oxygens (including phenoxy) is 3. The van der Waals surface area contributed by atoms with Crippen LogP contribution in [0.5, 0.6) is 17.2 Å². The van der Waals surface area contributed by atoms with Gasteiger partial charge in [0.25, 0.3) is 0 Å². The first-order valence-electron chi connectivity index (χ1n) is 7.35. The number of rotatable bonds is 8. The summed E-state index contributed by atoms with van der Waals surface area (Å²) < 4.78 is 16.4. The van der Waals surface area contributed by atoms with E-state index in [0.29, 0.717) is 6.61 Å². The summed E-state index contributed by atoms with van der Waals surface area (Å²) in [7, 11) is 5.39. The number of para-hydroxylation sites is 1. The van der Waals surface area contributed by atoms with Gasteiger partial charge in [-0.1, -0.05) is 18.2 Å². The Balaban J connectivity index is 1.87. The van der Waals surface area contributed by atoms with Crippen molar-refractivity contribution in [3.05, 3.63) is 48.5 Å². The van der Waals surface area contributed by atoms with Gasteiger partial charge in [-0.2, -0.15) is 0 Å². The van der Waals surface area contributed by atoms with Gasteiger partial charge in [0, 0.05) is 19.7 Å². The van der Waals surface area contributed by atoms with E-state index in [1.54, 1.807) is 14.2 Å². The molecule has 4 heteroatoms. The largest absolute Gasteiger partial charge is 0.497 e. The van der Waals surface area contributed by atoms with Gasteiger partial charge in [-0.3, -0.25) is 0 Å². The van der Waals surface area contributed by atoms with Crippen LogP contribution < -0.4 is 19.1 Å². The molecule has 0 amide bonds. The van der Waals surface area contributed by atoms with E-state index >= 15 is 0 Å². The predicted molar refractivity (Wildman–Crippen MR) is 89.4 cm³/mol. The van der Waals surface area contributed by atoms with E-state index in [-0.39, 0.29) is 0 Å². The van der Waals surface area contributed by atoms with E-state index in [2.05, 4.69) is 4.90 Å². The average molecular weight is 301 g/mol. The van der Waals surface area contributed by atoms with E-state index in [0.717, 1.165) is 35.9 Å². The molecule has 2 aromatic carbocycles. The Morgan fingerprint density at radius 1 is 0.909 bits per heavy atom. The minimum atomic E-state index is 0.681. The summed E-state index contributed by atoms with van der Waals surface area (Å²) in [6, 6.07) is 15.7. The molecule has 0 saturated carbocycles.